The van der Waals surface area contributed by atoms with E-state index in [1.165, 1.54) is 0 Å². The third kappa shape index (κ3) is 3.65. The van der Waals surface area contributed by atoms with Gasteiger partial charge >= 0.3 is 0 Å². The lowest BCUT2D eigenvalue weighted by Gasteiger charge is -2.45. The fraction of sp³-hybridized carbons (Fsp3) is 1.00. The van der Waals surface area contributed by atoms with E-state index in [1.54, 1.807) is 0 Å². The molecule has 0 saturated carbocycles. The minimum atomic E-state index is -1.74. The molecule has 11 nitrogen and oxygen atoms in total. The molecule has 0 radical (unpaired) electrons. The van der Waals surface area contributed by atoms with E-state index in [1.807, 2.05) is 0 Å². The van der Waals surface area contributed by atoms with E-state index in [0.717, 1.165) is 0 Å². The predicted octanol–water partition coefficient (Wildman–Crippen LogP) is -5.40. The van der Waals surface area contributed by atoms with Gasteiger partial charge in [0.05, 0.1) is 13.2 Å². The second kappa shape index (κ2) is 7.63. The normalized spacial score (nSPS) is 51.7. The summed E-state index contributed by atoms with van der Waals surface area (Å²) in [7, 11) is 0. The molecule has 10 atom stereocenters. The summed E-state index contributed by atoms with van der Waals surface area (Å²) in [5, 5.41) is 76.5. The molecule has 2 fully saturated rings. The third-order valence-electron chi connectivity index (χ3n) is 3.98. The Morgan fingerprint density at radius 2 is 1.26 bits per heavy atom. The zero-order valence-corrected chi connectivity index (χ0v) is 12.0. The van der Waals surface area contributed by atoms with Gasteiger partial charge in [-0.05, 0) is 0 Å². The SMILES string of the molecule is OC[C@@H]1O[C@H](O)[C@H](O)[C@H](O)[C@@H]1O[C@@H]1O[C@H](CO)[C@H](O)[C@H](O)[C@@H]1O. The highest BCUT2D eigenvalue weighted by molar-refractivity contribution is 4.93. The number of rotatable bonds is 4. The molecule has 0 aliphatic carbocycles. The summed E-state index contributed by atoms with van der Waals surface area (Å²) in [5.74, 6) is 0. The molecule has 0 unspecified atom stereocenters. The summed E-state index contributed by atoms with van der Waals surface area (Å²) in [5.41, 5.74) is 0. The Morgan fingerprint density at radius 3 is 1.83 bits per heavy atom. The maximum absolute atomic E-state index is 9.94. The molecule has 8 N–H and O–H groups in total. The summed E-state index contributed by atoms with van der Waals surface area (Å²) in [6.45, 7) is -1.35. The average Bonchev–Trinajstić information content (AvgIpc) is 2.55. The summed E-state index contributed by atoms with van der Waals surface area (Å²) in [4.78, 5) is 0. The first-order valence-corrected chi connectivity index (χ1v) is 7.08. The van der Waals surface area contributed by atoms with Crippen LogP contribution >= 0.6 is 0 Å². The summed E-state index contributed by atoms with van der Waals surface area (Å²) in [6.07, 6.45) is -15.6. The van der Waals surface area contributed by atoms with E-state index in [4.69, 9.17) is 19.3 Å². The van der Waals surface area contributed by atoms with E-state index in [9.17, 15) is 35.7 Å². The first kappa shape index (κ1) is 18.9. The molecule has 136 valence electrons. The van der Waals surface area contributed by atoms with Crippen molar-refractivity contribution in [2.24, 2.45) is 0 Å². The van der Waals surface area contributed by atoms with Crippen LogP contribution in [0.1, 0.15) is 0 Å². The third-order valence-corrected chi connectivity index (χ3v) is 3.98. The molecule has 2 aliphatic heterocycles. The molecule has 2 saturated heterocycles. The van der Waals surface area contributed by atoms with Crippen LogP contribution in [-0.4, -0.2) is 115 Å². The summed E-state index contributed by atoms with van der Waals surface area (Å²) in [6, 6.07) is 0. The molecule has 0 aromatic rings. The lowest BCUT2D eigenvalue weighted by Crippen LogP contribution is -2.64. The van der Waals surface area contributed by atoms with Crippen molar-refractivity contribution in [1.82, 2.24) is 0 Å². The number of hydrogen-bond acceptors (Lipinski definition) is 11. The van der Waals surface area contributed by atoms with Crippen LogP contribution in [0.4, 0.5) is 0 Å². The first-order chi connectivity index (χ1) is 10.8. The molecular formula is C12H22O11. The number of aliphatic hydroxyl groups is 8. The van der Waals surface area contributed by atoms with E-state index in [0.29, 0.717) is 0 Å². The average molecular weight is 342 g/mol. The van der Waals surface area contributed by atoms with Gasteiger partial charge in [0.15, 0.2) is 12.6 Å². The van der Waals surface area contributed by atoms with Gasteiger partial charge < -0.3 is 55.1 Å². The Balaban J connectivity index is 2.11. The fourth-order valence-electron chi connectivity index (χ4n) is 2.57. The fourth-order valence-corrected chi connectivity index (χ4v) is 2.57. The lowest BCUT2D eigenvalue weighted by molar-refractivity contribution is -0.355. The Bertz CT molecular complexity index is 378. The molecule has 0 aromatic carbocycles. The molecule has 0 amide bonds. The van der Waals surface area contributed by atoms with Crippen LogP contribution in [-0.2, 0) is 14.2 Å². The van der Waals surface area contributed by atoms with Gasteiger partial charge in [0, 0.05) is 0 Å². The standard InChI is InChI=1S/C12H22O11/c13-1-3-5(15)6(16)9(19)12(22-3)23-10-4(2-14)21-11(20)8(18)7(10)17/h3-20H,1-2H2/t3-,4+,5+,6+,7+,8-,9+,10-,11+,12+/m1/s1. The van der Waals surface area contributed by atoms with Crippen LogP contribution < -0.4 is 0 Å². The highest BCUT2D eigenvalue weighted by atomic mass is 16.7. The van der Waals surface area contributed by atoms with Gasteiger partial charge in [0.25, 0.3) is 0 Å². The highest BCUT2D eigenvalue weighted by Gasteiger charge is 2.50. The number of aliphatic hydroxyl groups excluding tert-OH is 8. The summed E-state index contributed by atoms with van der Waals surface area (Å²) >= 11 is 0. The van der Waals surface area contributed by atoms with Gasteiger partial charge in [-0.1, -0.05) is 0 Å². The Morgan fingerprint density at radius 1 is 0.652 bits per heavy atom. The smallest absolute Gasteiger partial charge is 0.187 e. The van der Waals surface area contributed by atoms with E-state index >= 15 is 0 Å². The Kier molecular flexibility index (Phi) is 6.27. The van der Waals surface area contributed by atoms with Crippen molar-refractivity contribution < 1.29 is 55.1 Å². The van der Waals surface area contributed by atoms with Gasteiger partial charge in [-0.15, -0.1) is 0 Å². The Hall–Kier alpha value is -0.440. The van der Waals surface area contributed by atoms with Crippen LogP contribution in [0.2, 0.25) is 0 Å². The largest absolute Gasteiger partial charge is 0.394 e. The molecular weight excluding hydrogens is 320 g/mol. The van der Waals surface area contributed by atoms with Gasteiger partial charge in [0.1, 0.15) is 48.8 Å². The lowest BCUT2D eigenvalue weighted by atomic mass is 9.97. The second-order valence-corrected chi connectivity index (χ2v) is 5.53. The molecule has 0 bridgehead atoms. The van der Waals surface area contributed by atoms with Crippen molar-refractivity contribution >= 4 is 0 Å². The highest BCUT2D eigenvalue weighted by Crippen LogP contribution is 2.28. The van der Waals surface area contributed by atoms with Crippen LogP contribution in [0.5, 0.6) is 0 Å². The zero-order valence-electron chi connectivity index (χ0n) is 12.0. The van der Waals surface area contributed by atoms with Crippen molar-refractivity contribution in [3.63, 3.8) is 0 Å². The number of hydrogen-bond donors (Lipinski definition) is 8. The topological polar surface area (TPSA) is 190 Å². The van der Waals surface area contributed by atoms with Crippen LogP contribution in [0.15, 0.2) is 0 Å². The van der Waals surface area contributed by atoms with E-state index < -0.39 is 74.6 Å². The second-order valence-electron chi connectivity index (χ2n) is 5.53. The van der Waals surface area contributed by atoms with Crippen LogP contribution in [0, 0.1) is 0 Å². The van der Waals surface area contributed by atoms with Gasteiger partial charge in [-0.3, -0.25) is 0 Å². The first-order valence-electron chi connectivity index (χ1n) is 7.08. The van der Waals surface area contributed by atoms with Gasteiger partial charge in [-0.25, -0.2) is 0 Å². The molecule has 2 rings (SSSR count). The van der Waals surface area contributed by atoms with Crippen LogP contribution in [0.25, 0.3) is 0 Å². The molecule has 11 heteroatoms. The van der Waals surface area contributed by atoms with Crippen molar-refractivity contribution in [1.29, 1.82) is 0 Å². The summed E-state index contributed by atoms with van der Waals surface area (Å²) < 4.78 is 15.3. The van der Waals surface area contributed by atoms with Crippen molar-refractivity contribution in [2.45, 2.75) is 61.4 Å². The molecule has 2 aliphatic rings. The van der Waals surface area contributed by atoms with Gasteiger partial charge in [-0.2, -0.15) is 0 Å². The van der Waals surface area contributed by atoms with E-state index in [-0.39, 0.29) is 0 Å². The molecule has 2 heterocycles. The van der Waals surface area contributed by atoms with Crippen LogP contribution in [0.3, 0.4) is 0 Å². The monoisotopic (exact) mass is 342 g/mol. The zero-order chi connectivity index (χ0) is 17.3. The molecule has 0 spiro atoms. The molecule has 23 heavy (non-hydrogen) atoms. The van der Waals surface area contributed by atoms with Crippen molar-refractivity contribution in [3.05, 3.63) is 0 Å². The predicted molar refractivity (Wildman–Crippen MR) is 68.6 cm³/mol. The minimum Gasteiger partial charge on any atom is -0.394 e. The maximum Gasteiger partial charge on any atom is 0.187 e. The maximum atomic E-state index is 9.94. The van der Waals surface area contributed by atoms with Gasteiger partial charge in [0.2, 0.25) is 0 Å². The van der Waals surface area contributed by atoms with Crippen molar-refractivity contribution in [3.8, 4) is 0 Å². The number of ether oxygens (including phenoxy) is 3. The minimum absolute atomic E-state index is 0.667. The van der Waals surface area contributed by atoms with E-state index in [2.05, 4.69) is 0 Å². The van der Waals surface area contributed by atoms with Crippen molar-refractivity contribution in [2.75, 3.05) is 13.2 Å². The Labute approximate surface area is 130 Å². The molecule has 0 aromatic heterocycles. The quantitative estimate of drug-likeness (QED) is 0.243.